The predicted octanol–water partition coefficient (Wildman–Crippen LogP) is 3.45. The number of thiophene rings is 1. The van der Waals surface area contributed by atoms with E-state index in [1.54, 1.807) is 11.3 Å². The van der Waals surface area contributed by atoms with Gasteiger partial charge in [0.25, 0.3) is 5.91 Å². The number of benzene rings is 1. The molecule has 122 valence electrons. The van der Waals surface area contributed by atoms with Crippen LogP contribution in [0.15, 0.2) is 42.5 Å². The number of likely N-dealkylation sites (tertiary alicyclic amines) is 1. The maximum Gasteiger partial charge on any atom is 0.261 e. The molecule has 1 aliphatic heterocycles. The zero-order valence-corrected chi connectivity index (χ0v) is 14.7. The number of nitrogens with zero attached hydrogens (tertiary/aromatic N) is 1. The summed E-state index contributed by atoms with van der Waals surface area (Å²) < 4.78 is 0. The number of rotatable bonds is 4. The molecule has 0 spiro atoms. The molecular weight excluding hydrogens is 304 g/mol. The fourth-order valence-corrected chi connectivity index (χ4v) is 4.08. The molecule has 23 heavy (non-hydrogen) atoms. The number of amides is 1. The van der Waals surface area contributed by atoms with Gasteiger partial charge in [-0.3, -0.25) is 4.79 Å². The quantitative estimate of drug-likeness (QED) is 0.932. The Morgan fingerprint density at radius 3 is 2.48 bits per heavy atom. The van der Waals surface area contributed by atoms with Crippen LogP contribution in [0.3, 0.4) is 0 Å². The maximum absolute atomic E-state index is 12.4. The lowest BCUT2D eigenvalue weighted by molar-refractivity contribution is 0.0932. The van der Waals surface area contributed by atoms with Crippen molar-refractivity contribution in [1.82, 2.24) is 10.2 Å². The van der Waals surface area contributed by atoms with Crippen molar-refractivity contribution in [2.24, 2.45) is 0 Å². The first-order valence-electron chi connectivity index (χ1n) is 8.18. The van der Waals surface area contributed by atoms with Crippen molar-refractivity contribution < 1.29 is 4.79 Å². The van der Waals surface area contributed by atoms with E-state index in [9.17, 15) is 4.79 Å². The summed E-state index contributed by atoms with van der Waals surface area (Å²) in [7, 11) is 2.17. The third-order valence-corrected chi connectivity index (χ3v) is 5.88. The SMILES string of the molecule is Cc1ccc(C(=O)NCC2(c3ccccc3)CCN(C)CC2)s1. The van der Waals surface area contributed by atoms with Crippen LogP contribution >= 0.6 is 11.3 Å². The van der Waals surface area contributed by atoms with Gasteiger partial charge in [0, 0.05) is 16.8 Å². The van der Waals surface area contributed by atoms with Gasteiger partial charge >= 0.3 is 0 Å². The second kappa shape index (κ2) is 6.85. The van der Waals surface area contributed by atoms with Crippen molar-refractivity contribution in [3.63, 3.8) is 0 Å². The highest BCUT2D eigenvalue weighted by Gasteiger charge is 2.35. The Bertz CT molecular complexity index is 657. The van der Waals surface area contributed by atoms with Gasteiger partial charge in [-0.1, -0.05) is 30.3 Å². The van der Waals surface area contributed by atoms with E-state index in [1.807, 2.05) is 19.1 Å². The summed E-state index contributed by atoms with van der Waals surface area (Å²) in [6.07, 6.45) is 2.16. The zero-order valence-electron chi connectivity index (χ0n) is 13.8. The highest BCUT2D eigenvalue weighted by molar-refractivity contribution is 7.13. The van der Waals surface area contributed by atoms with Gasteiger partial charge in [0.2, 0.25) is 0 Å². The predicted molar refractivity (Wildman–Crippen MR) is 96.2 cm³/mol. The lowest BCUT2D eigenvalue weighted by Crippen LogP contribution is -2.48. The zero-order chi connectivity index (χ0) is 16.3. The number of nitrogens with one attached hydrogen (secondary N) is 1. The van der Waals surface area contributed by atoms with Crippen molar-refractivity contribution in [3.8, 4) is 0 Å². The van der Waals surface area contributed by atoms with Gasteiger partial charge in [-0.15, -0.1) is 11.3 Å². The van der Waals surface area contributed by atoms with Crippen LogP contribution in [-0.4, -0.2) is 37.5 Å². The Kier molecular flexibility index (Phi) is 4.83. The minimum atomic E-state index is 0.0513. The molecule has 0 aliphatic carbocycles. The number of carbonyl (C=O) groups is 1. The second-order valence-corrected chi connectivity index (χ2v) is 7.83. The minimum Gasteiger partial charge on any atom is -0.350 e. The van der Waals surface area contributed by atoms with E-state index in [2.05, 4.69) is 47.6 Å². The molecule has 2 aromatic rings. The molecule has 3 nitrogen and oxygen atoms in total. The summed E-state index contributed by atoms with van der Waals surface area (Å²) in [5.41, 5.74) is 1.39. The highest BCUT2D eigenvalue weighted by atomic mass is 32.1. The molecule has 1 fully saturated rings. The van der Waals surface area contributed by atoms with E-state index in [0.717, 1.165) is 30.8 Å². The first-order chi connectivity index (χ1) is 11.1. The Morgan fingerprint density at radius 2 is 1.87 bits per heavy atom. The topological polar surface area (TPSA) is 32.3 Å². The number of carbonyl (C=O) groups excluding carboxylic acids is 1. The Labute approximate surface area is 142 Å². The molecule has 1 aromatic carbocycles. The van der Waals surface area contributed by atoms with Gasteiger partial charge in [-0.25, -0.2) is 0 Å². The van der Waals surface area contributed by atoms with Crippen LogP contribution in [0.25, 0.3) is 0 Å². The average molecular weight is 328 g/mol. The summed E-state index contributed by atoms with van der Waals surface area (Å²) in [5.74, 6) is 0.0531. The van der Waals surface area contributed by atoms with Crippen molar-refractivity contribution >= 4 is 17.2 Å². The second-order valence-electron chi connectivity index (χ2n) is 6.54. The van der Waals surface area contributed by atoms with Gasteiger partial charge in [0.15, 0.2) is 0 Å². The molecule has 4 heteroatoms. The smallest absolute Gasteiger partial charge is 0.261 e. The summed E-state index contributed by atoms with van der Waals surface area (Å²) in [5, 5.41) is 3.19. The molecule has 1 saturated heterocycles. The van der Waals surface area contributed by atoms with Gasteiger partial charge in [0.05, 0.1) is 4.88 Å². The molecule has 1 aliphatic rings. The van der Waals surface area contributed by atoms with E-state index in [1.165, 1.54) is 10.4 Å². The lowest BCUT2D eigenvalue weighted by Gasteiger charge is -2.41. The van der Waals surface area contributed by atoms with Gasteiger partial charge in [-0.2, -0.15) is 0 Å². The number of piperidine rings is 1. The van der Waals surface area contributed by atoms with Crippen LogP contribution in [0.2, 0.25) is 0 Å². The summed E-state index contributed by atoms with van der Waals surface area (Å²) >= 11 is 1.56. The number of hydrogen-bond donors (Lipinski definition) is 1. The molecule has 2 heterocycles. The molecule has 0 atom stereocenters. The molecule has 0 radical (unpaired) electrons. The first-order valence-corrected chi connectivity index (χ1v) is 8.99. The van der Waals surface area contributed by atoms with Crippen molar-refractivity contribution in [2.45, 2.75) is 25.2 Å². The van der Waals surface area contributed by atoms with Crippen LogP contribution in [0.1, 0.15) is 33.0 Å². The van der Waals surface area contributed by atoms with Gasteiger partial charge < -0.3 is 10.2 Å². The minimum absolute atomic E-state index is 0.0513. The maximum atomic E-state index is 12.4. The first kappa shape index (κ1) is 16.2. The monoisotopic (exact) mass is 328 g/mol. The van der Waals surface area contributed by atoms with E-state index >= 15 is 0 Å². The fraction of sp³-hybridized carbons (Fsp3) is 0.421. The van der Waals surface area contributed by atoms with Crippen LogP contribution < -0.4 is 5.32 Å². The Morgan fingerprint density at radius 1 is 1.17 bits per heavy atom. The molecule has 0 saturated carbocycles. The summed E-state index contributed by atoms with van der Waals surface area (Å²) in [4.78, 5) is 16.8. The fourth-order valence-electron chi connectivity index (χ4n) is 3.30. The van der Waals surface area contributed by atoms with Crippen molar-refractivity contribution in [2.75, 3.05) is 26.7 Å². The van der Waals surface area contributed by atoms with Crippen molar-refractivity contribution in [1.29, 1.82) is 0 Å². The molecule has 1 N–H and O–H groups in total. The third kappa shape index (κ3) is 3.65. The lowest BCUT2D eigenvalue weighted by atomic mass is 9.72. The number of aryl methyl sites for hydroxylation is 1. The average Bonchev–Trinajstić information content (AvgIpc) is 3.02. The van der Waals surface area contributed by atoms with Crippen LogP contribution in [0.4, 0.5) is 0 Å². The third-order valence-electron chi connectivity index (χ3n) is 4.88. The molecule has 1 amide bonds. The van der Waals surface area contributed by atoms with Crippen LogP contribution in [0.5, 0.6) is 0 Å². The van der Waals surface area contributed by atoms with E-state index in [-0.39, 0.29) is 11.3 Å². The van der Waals surface area contributed by atoms with Gasteiger partial charge in [-0.05, 0) is 57.6 Å². The molecule has 0 bridgehead atoms. The van der Waals surface area contributed by atoms with Gasteiger partial charge in [0.1, 0.15) is 0 Å². The number of hydrogen-bond acceptors (Lipinski definition) is 3. The van der Waals surface area contributed by atoms with Crippen LogP contribution in [0, 0.1) is 6.92 Å². The van der Waals surface area contributed by atoms with E-state index < -0.39 is 0 Å². The Hall–Kier alpha value is -1.65. The van der Waals surface area contributed by atoms with Crippen molar-refractivity contribution in [3.05, 3.63) is 57.8 Å². The molecule has 1 aromatic heterocycles. The molecule has 3 rings (SSSR count). The normalized spacial score (nSPS) is 17.8. The van der Waals surface area contributed by atoms with E-state index in [0.29, 0.717) is 6.54 Å². The standard InChI is InChI=1S/C19H24N2OS/c1-15-8-9-17(23-15)18(22)20-14-19(10-12-21(2)13-11-19)16-6-4-3-5-7-16/h3-9H,10-14H2,1-2H3,(H,20,22). The molecular formula is C19H24N2OS. The molecule has 0 unspecified atom stereocenters. The summed E-state index contributed by atoms with van der Waals surface area (Å²) in [6.45, 7) is 4.89. The summed E-state index contributed by atoms with van der Waals surface area (Å²) in [6, 6.07) is 14.6. The van der Waals surface area contributed by atoms with Crippen LogP contribution in [-0.2, 0) is 5.41 Å². The van der Waals surface area contributed by atoms with E-state index in [4.69, 9.17) is 0 Å². The Balaban J connectivity index is 1.76. The largest absolute Gasteiger partial charge is 0.350 e. The highest BCUT2D eigenvalue weighted by Crippen LogP contribution is 2.34.